The molecule has 3 rings (SSSR count). The molecule has 2 heterocycles. The van der Waals surface area contributed by atoms with Gasteiger partial charge in [-0.05, 0) is 39.2 Å². The zero-order valence-corrected chi connectivity index (χ0v) is 17.1. The van der Waals surface area contributed by atoms with Crippen molar-refractivity contribution in [1.29, 1.82) is 0 Å². The maximum Gasteiger partial charge on any atom is 0.407 e. The number of rotatable bonds is 6. The summed E-state index contributed by atoms with van der Waals surface area (Å²) in [6.07, 6.45) is 2.32. The summed E-state index contributed by atoms with van der Waals surface area (Å²) in [5, 5.41) is 12.1. The summed E-state index contributed by atoms with van der Waals surface area (Å²) in [6.45, 7) is 7.99. The number of carbonyl (C=O) groups is 1. The van der Waals surface area contributed by atoms with E-state index in [1.807, 2.05) is 32.9 Å². The molecule has 0 aliphatic carbocycles. The van der Waals surface area contributed by atoms with E-state index in [9.17, 15) is 4.79 Å². The molecule has 0 radical (unpaired) electrons. The fourth-order valence-electron chi connectivity index (χ4n) is 3.27. The molecule has 152 valence electrons. The Bertz CT molecular complexity index is 844. The molecule has 1 aromatic carbocycles. The summed E-state index contributed by atoms with van der Waals surface area (Å²) in [6, 6.07) is 3.78. The van der Waals surface area contributed by atoms with Crippen LogP contribution in [-0.4, -0.2) is 55.7 Å². The highest BCUT2D eigenvalue weighted by molar-refractivity contribution is 5.93. The summed E-state index contributed by atoms with van der Waals surface area (Å²) < 4.78 is 16.0. The van der Waals surface area contributed by atoms with E-state index in [0.29, 0.717) is 24.0 Å². The van der Waals surface area contributed by atoms with Gasteiger partial charge in [0.15, 0.2) is 11.5 Å². The number of benzene rings is 1. The van der Waals surface area contributed by atoms with Crippen LogP contribution >= 0.6 is 0 Å². The molecule has 28 heavy (non-hydrogen) atoms. The smallest absolute Gasteiger partial charge is 0.407 e. The maximum atomic E-state index is 11.7. The quantitative estimate of drug-likeness (QED) is 0.814. The number of carbonyl (C=O) groups excluding carboxylic acids is 1. The van der Waals surface area contributed by atoms with E-state index >= 15 is 0 Å². The van der Waals surface area contributed by atoms with Gasteiger partial charge in [-0.2, -0.15) is 10.2 Å². The first-order valence-corrected chi connectivity index (χ1v) is 9.40. The molecule has 1 aromatic heterocycles. The van der Waals surface area contributed by atoms with Gasteiger partial charge in [0.1, 0.15) is 5.60 Å². The first-order chi connectivity index (χ1) is 13.3. The van der Waals surface area contributed by atoms with Crippen LogP contribution in [0.1, 0.15) is 27.2 Å². The van der Waals surface area contributed by atoms with Crippen molar-refractivity contribution in [2.75, 3.05) is 38.8 Å². The van der Waals surface area contributed by atoms with E-state index in [4.69, 9.17) is 14.2 Å². The molecule has 1 saturated heterocycles. The van der Waals surface area contributed by atoms with Crippen LogP contribution in [0.4, 0.5) is 10.5 Å². The third kappa shape index (κ3) is 4.55. The molecular weight excluding hydrogens is 360 g/mol. The second kappa shape index (κ2) is 8.08. The zero-order chi connectivity index (χ0) is 20.3. The lowest BCUT2D eigenvalue weighted by Crippen LogP contribution is -2.48. The Morgan fingerprint density at radius 1 is 1.21 bits per heavy atom. The van der Waals surface area contributed by atoms with Crippen LogP contribution in [0, 0.1) is 5.92 Å². The van der Waals surface area contributed by atoms with Crippen molar-refractivity contribution in [3.05, 3.63) is 18.3 Å². The molecule has 8 nitrogen and oxygen atoms in total. The van der Waals surface area contributed by atoms with Crippen molar-refractivity contribution < 1.29 is 19.0 Å². The predicted octanol–water partition coefficient (Wildman–Crippen LogP) is 3.00. The molecule has 0 saturated carbocycles. The summed E-state index contributed by atoms with van der Waals surface area (Å²) in [5.74, 6) is 1.82. The minimum Gasteiger partial charge on any atom is -0.493 e. The monoisotopic (exact) mass is 388 g/mol. The Morgan fingerprint density at radius 3 is 2.54 bits per heavy atom. The second-order valence-electron chi connectivity index (χ2n) is 7.94. The van der Waals surface area contributed by atoms with Crippen molar-refractivity contribution in [3.63, 3.8) is 0 Å². The summed E-state index contributed by atoms with van der Waals surface area (Å²) in [7, 11) is 3.22. The zero-order valence-electron chi connectivity index (χ0n) is 17.1. The van der Waals surface area contributed by atoms with Gasteiger partial charge in [-0.15, -0.1) is 0 Å². The van der Waals surface area contributed by atoms with E-state index in [1.54, 1.807) is 20.4 Å². The van der Waals surface area contributed by atoms with Gasteiger partial charge in [-0.1, -0.05) is 0 Å². The highest BCUT2D eigenvalue weighted by Crippen LogP contribution is 2.37. The highest BCUT2D eigenvalue weighted by atomic mass is 16.6. The minimum absolute atomic E-state index is 0.367. The first kappa shape index (κ1) is 20.0. The first-order valence-electron chi connectivity index (χ1n) is 9.40. The summed E-state index contributed by atoms with van der Waals surface area (Å²) in [4.78, 5) is 14.0. The van der Waals surface area contributed by atoms with Gasteiger partial charge in [-0.3, -0.25) is 0 Å². The Kier molecular flexibility index (Phi) is 5.76. The van der Waals surface area contributed by atoms with Gasteiger partial charge in [0.05, 0.1) is 31.6 Å². The van der Waals surface area contributed by atoms with Crippen LogP contribution in [0.15, 0.2) is 18.3 Å². The predicted molar refractivity (Wildman–Crippen MR) is 107 cm³/mol. The van der Waals surface area contributed by atoms with E-state index in [2.05, 4.69) is 20.4 Å². The molecular formula is C20H28N4O4. The number of hydrogen-bond donors (Lipinski definition) is 1. The van der Waals surface area contributed by atoms with E-state index in [-0.39, 0.29) is 6.09 Å². The molecule has 0 atom stereocenters. The Morgan fingerprint density at radius 2 is 1.89 bits per heavy atom. The van der Waals surface area contributed by atoms with Crippen molar-refractivity contribution in [2.45, 2.75) is 32.8 Å². The van der Waals surface area contributed by atoms with Crippen LogP contribution in [0.5, 0.6) is 11.5 Å². The van der Waals surface area contributed by atoms with Gasteiger partial charge in [0.25, 0.3) is 0 Å². The number of fused-ring (bicyclic) bond motifs is 1. The van der Waals surface area contributed by atoms with Gasteiger partial charge in [-0.25, -0.2) is 4.79 Å². The summed E-state index contributed by atoms with van der Waals surface area (Å²) in [5.41, 5.74) is 1.32. The van der Waals surface area contributed by atoms with Gasteiger partial charge >= 0.3 is 6.09 Å². The number of nitrogens with one attached hydrogen (secondary N) is 1. The van der Waals surface area contributed by atoms with Gasteiger partial charge in [0.2, 0.25) is 0 Å². The minimum atomic E-state index is -0.476. The molecule has 0 bridgehead atoms. The number of alkyl carbamates (subject to hydrolysis) is 1. The van der Waals surface area contributed by atoms with Gasteiger partial charge in [0, 0.05) is 31.1 Å². The number of anilines is 1. The molecule has 1 N–H and O–H groups in total. The molecule has 8 heteroatoms. The lowest BCUT2D eigenvalue weighted by molar-refractivity contribution is 0.0524. The van der Waals surface area contributed by atoms with Crippen molar-refractivity contribution in [3.8, 4) is 11.5 Å². The van der Waals surface area contributed by atoms with E-state index in [0.717, 1.165) is 36.1 Å². The average molecular weight is 388 g/mol. The molecule has 1 fully saturated rings. The van der Waals surface area contributed by atoms with Crippen LogP contribution in [-0.2, 0) is 4.74 Å². The molecule has 0 spiro atoms. The van der Waals surface area contributed by atoms with Crippen LogP contribution in [0.2, 0.25) is 0 Å². The molecule has 1 aliphatic rings. The lowest BCUT2D eigenvalue weighted by Gasteiger charge is -2.41. The molecule has 1 amide bonds. The number of aromatic nitrogens is 2. The molecule has 0 unspecified atom stereocenters. The van der Waals surface area contributed by atoms with Crippen molar-refractivity contribution in [2.24, 2.45) is 5.92 Å². The average Bonchev–Trinajstić information content (AvgIpc) is 2.60. The number of methoxy groups -OCH3 is 2. The number of nitrogens with zero attached hydrogens (tertiary/aromatic N) is 3. The van der Waals surface area contributed by atoms with Crippen LogP contribution < -0.4 is 19.7 Å². The molecule has 1 aliphatic heterocycles. The Balaban J connectivity index is 1.58. The fraction of sp³-hybridized carbons (Fsp3) is 0.550. The van der Waals surface area contributed by atoms with Crippen LogP contribution in [0.3, 0.4) is 0 Å². The Hall–Kier alpha value is -2.77. The van der Waals surface area contributed by atoms with Crippen molar-refractivity contribution in [1.82, 2.24) is 15.5 Å². The fourth-order valence-corrected chi connectivity index (χ4v) is 3.27. The standard InChI is InChI=1S/C20H28N4O4/c1-20(2,3)28-19(25)21-7-6-13-11-24(12-13)16-10-22-23-15-9-18(27-5)17(26-4)8-14(15)16/h8-10,13H,6-7,11-12H2,1-5H3,(H,21,25). The normalized spacial score (nSPS) is 14.5. The van der Waals surface area contributed by atoms with Crippen LogP contribution in [0.25, 0.3) is 10.9 Å². The SMILES string of the molecule is COc1cc2nncc(N3CC(CCNC(=O)OC(C)(C)C)C3)c2cc1OC. The third-order valence-corrected chi connectivity index (χ3v) is 4.64. The second-order valence-corrected chi connectivity index (χ2v) is 7.94. The molecule has 2 aromatic rings. The number of ether oxygens (including phenoxy) is 3. The number of hydrogen-bond acceptors (Lipinski definition) is 7. The third-order valence-electron chi connectivity index (χ3n) is 4.64. The van der Waals surface area contributed by atoms with Crippen molar-refractivity contribution >= 4 is 22.7 Å². The number of amides is 1. The maximum absolute atomic E-state index is 11.7. The largest absolute Gasteiger partial charge is 0.493 e. The topological polar surface area (TPSA) is 85.8 Å². The van der Waals surface area contributed by atoms with E-state index < -0.39 is 5.60 Å². The summed E-state index contributed by atoms with van der Waals surface area (Å²) >= 11 is 0. The highest BCUT2D eigenvalue weighted by Gasteiger charge is 2.28. The Labute approximate surface area is 165 Å². The lowest BCUT2D eigenvalue weighted by atomic mass is 9.95. The van der Waals surface area contributed by atoms with E-state index in [1.165, 1.54) is 0 Å². The van der Waals surface area contributed by atoms with Gasteiger partial charge < -0.3 is 24.4 Å².